The lowest BCUT2D eigenvalue weighted by Crippen LogP contribution is -2.08. The van der Waals surface area contributed by atoms with Crippen molar-refractivity contribution in [1.82, 2.24) is 14.8 Å². The molecule has 0 bridgehead atoms. The lowest BCUT2D eigenvalue weighted by Gasteiger charge is -2.11. The molecule has 0 saturated heterocycles. The fraction of sp³-hybridized carbons (Fsp3) is 0.385. The molecule has 17 heavy (non-hydrogen) atoms. The summed E-state index contributed by atoms with van der Waals surface area (Å²) in [7, 11) is 0. The normalized spacial score (nSPS) is 10.5. The van der Waals surface area contributed by atoms with E-state index in [9.17, 15) is 0 Å². The number of hydrogen-bond acceptors (Lipinski definition) is 3. The highest BCUT2D eigenvalue weighted by Gasteiger charge is 2.07. The number of aryl methyl sites for hydroxylation is 3. The Kier molecular flexibility index (Phi) is 3.42. The molecule has 1 aromatic heterocycles. The van der Waals surface area contributed by atoms with Crippen LogP contribution in [-0.2, 0) is 13.2 Å². The van der Waals surface area contributed by atoms with Gasteiger partial charge >= 0.3 is 0 Å². The minimum atomic E-state index is 0.458. The van der Waals surface area contributed by atoms with E-state index in [1.807, 2.05) is 43.7 Å². The molecule has 0 radical (unpaired) electrons. The summed E-state index contributed by atoms with van der Waals surface area (Å²) in [5.41, 5.74) is 2.29. The molecule has 2 rings (SSSR count). The zero-order chi connectivity index (χ0) is 12.3. The first-order valence-electron chi connectivity index (χ1n) is 5.78. The molecule has 1 aromatic carbocycles. The highest BCUT2D eigenvalue weighted by atomic mass is 16.5. The van der Waals surface area contributed by atoms with Gasteiger partial charge < -0.3 is 4.74 Å². The average Bonchev–Trinajstić information content (AvgIpc) is 2.76. The molecule has 0 unspecified atom stereocenters. The maximum absolute atomic E-state index is 5.83. The van der Waals surface area contributed by atoms with Crippen molar-refractivity contribution in [1.29, 1.82) is 0 Å². The Bertz CT molecular complexity index is 485. The van der Waals surface area contributed by atoms with Crippen molar-refractivity contribution >= 4 is 0 Å². The molecule has 2 aromatic rings. The fourth-order valence-electron chi connectivity index (χ4n) is 1.83. The first-order chi connectivity index (χ1) is 8.22. The second-order valence-corrected chi connectivity index (χ2v) is 4.00. The van der Waals surface area contributed by atoms with Gasteiger partial charge in [-0.25, -0.2) is 9.67 Å². The zero-order valence-corrected chi connectivity index (χ0v) is 10.5. The Balaban J connectivity index is 2.13. The van der Waals surface area contributed by atoms with Crippen molar-refractivity contribution in [2.75, 3.05) is 0 Å². The Morgan fingerprint density at radius 3 is 2.59 bits per heavy atom. The van der Waals surface area contributed by atoms with Crippen LogP contribution >= 0.6 is 0 Å². The van der Waals surface area contributed by atoms with Crippen LogP contribution in [0, 0.1) is 13.8 Å². The number of para-hydroxylation sites is 1. The van der Waals surface area contributed by atoms with Crippen LogP contribution in [0.3, 0.4) is 0 Å². The summed E-state index contributed by atoms with van der Waals surface area (Å²) in [5, 5.41) is 4.12. The smallest absolute Gasteiger partial charge is 0.164 e. The van der Waals surface area contributed by atoms with Crippen molar-refractivity contribution in [3.8, 4) is 5.75 Å². The van der Waals surface area contributed by atoms with Crippen LogP contribution in [0.5, 0.6) is 5.75 Å². The van der Waals surface area contributed by atoms with Gasteiger partial charge in [0.05, 0.1) is 0 Å². The maximum atomic E-state index is 5.83. The van der Waals surface area contributed by atoms with Crippen LogP contribution in [0.15, 0.2) is 24.5 Å². The monoisotopic (exact) mass is 231 g/mol. The van der Waals surface area contributed by atoms with Crippen LogP contribution in [-0.4, -0.2) is 14.8 Å². The van der Waals surface area contributed by atoms with E-state index in [1.165, 1.54) is 0 Å². The van der Waals surface area contributed by atoms with Gasteiger partial charge in [-0.2, -0.15) is 5.10 Å². The molecule has 0 amide bonds. The standard InChI is InChI=1S/C13H17N3O/c1-4-16-12(14-9-15-16)8-17-13-10(2)6-5-7-11(13)3/h5-7,9H,4,8H2,1-3H3. The van der Waals surface area contributed by atoms with E-state index in [4.69, 9.17) is 4.74 Å². The molecule has 0 fully saturated rings. The quantitative estimate of drug-likeness (QED) is 0.811. The van der Waals surface area contributed by atoms with Gasteiger partial charge in [-0.15, -0.1) is 0 Å². The van der Waals surface area contributed by atoms with E-state index in [2.05, 4.69) is 10.1 Å². The van der Waals surface area contributed by atoms with Gasteiger partial charge in [0, 0.05) is 6.54 Å². The van der Waals surface area contributed by atoms with Crippen molar-refractivity contribution in [3.05, 3.63) is 41.5 Å². The second-order valence-electron chi connectivity index (χ2n) is 4.00. The summed E-state index contributed by atoms with van der Waals surface area (Å²) < 4.78 is 7.67. The van der Waals surface area contributed by atoms with Gasteiger partial charge in [-0.1, -0.05) is 18.2 Å². The minimum absolute atomic E-state index is 0.458. The first-order valence-corrected chi connectivity index (χ1v) is 5.78. The van der Waals surface area contributed by atoms with Crippen molar-refractivity contribution in [2.24, 2.45) is 0 Å². The molecule has 4 heteroatoms. The molecule has 4 nitrogen and oxygen atoms in total. The average molecular weight is 231 g/mol. The lowest BCUT2D eigenvalue weighted by molar-refractivity contribution is 0.283. The molecule has 1 heterocycles. The minimum Gasteiger partial charge on any atom is -0.485 e. The van der Waals surface area contributed by atoms with Crippen LogP contribution in [0.2, 0.25) is 0 Å². The van der Waals surface area contributed by atoms with Gasteiger partial charge in [0.15, 0.2) is 5.82 Å². The Morgan fingerprint density at radius 2 is 1.94 bits per heavy atom. The third-order valence-electron chi connectivity index (χ3n) is 2.75. The van der Waals surface area contributed by atoms with E-state index in [0.717, 1.165) is 29.2 Å². The molecule has 0 aliphatic carbocycles. The number of benzene rings is 1. The summed E-state index contributed by atoms with van der Waals surface area (Å²) >= 11 is 0. The van der Waals surface area contributed by atoms with E-state index >= 15 is 0 Å². The maximum Gasteiger partial charge on any atom is 0.164 e. The largest absolute Gasteiger partial charge is 0.485 e. The SMILES string of the molecule is CCn1ncnc1COc1c(C)cccc1C. The van der Waals surface area contributed by atoms with Crippen molar-refractivity contribution in [3.63, 3.8) is 0 Å². The van der Waals surface area contributed by atoms with Gasteiger partial charge in [0.1, 0.15) is 18.7 Å². The molecule has 0 spiro atoms. The molecule has 0 N–H and O–H groups in total. The van der Waals surface area contributed by atoms with Crippen LogP contribution in [0.25, 0.3) is 0 Å². The first kappa shape index (κ1) is 11.6. The topological polar surface area (TPSA) is 39.9 Å². The van der Waals surface area contributed by atoms with E-state index < -0.39 is 0 Å². The van der Waals surface area contributed by atoms with Gasteiger partial charge in [-0.3, -0.25) is 0 Å². The third kappa shape index (κ3) is 2.46. The Morgan fingerprint density at radius 1 is 1.24 bits per heavy atom. The van der Waals surface area contributed by atoms with Crippen LogP contribution in [0.4, 0.5) is 0 Å². The number of hydrogen-bond donors (Lipinski definition) is 0. The predicted molar refractivity (Wildman–Crippen MR) is 65.9 cm³/mol. The predicted octanol–water partition coefficient (Wildman–Crippen LogP) is 2.49. The van der Waals surface area contributed by atoms with E-state index in [-0.39, 0.29) is 0 Å². The molecule has 0 aliphatic heterocycles. The molecule has 90 valence electrons. The second kappa shape index (κ2) is 4.99. The summed E-state index contributed by atoms with van der Waals surface area (Å²) in [6.45, 7) is 7.40. The van der Waals surface area contributed by atoms with Gasteiger partial charge in [0.2, 0.25) is 0 Å². The number of rotatable bonds is 4. The number of aromatic nitrogens is 3. The molecular weight excluding hydrogens is 214 g/mol. The van der Waals surface area contributed by atoms with Crippen molar-refractivity contribution < 1.29 is 4.74 Å². The van der Waals surface area contributed by atoms with Gasteiger partial charge in [0.25, 0.3) is 0 Å². The summed E-state index contributed by atoms with van der Waals surface area (Å²) in [6.07, 6.45) is 1.56. The zero-order valence-electron chi connectivity index (χ0n) is 10.5. The summed E-state index contributed by atoms with van der Waals surface area (Å²) in [6, 6.07) is 6.13. The molecule has 0 aliphatic rings. The number of ether oxygens (including phenoxy) is 1. The number of nitrogens with zero attached hydrogens (tertiary/aromatic N) is 3. The highest BCUT2D eigenvalue weighted by Crippen LogP contribution is 2.23. The fourth-order valence-corrected chi connectivity index (χ4v) is 1.83. The molecular formula is C13H17N3O. The Labute approximate surface area is 101 Å². The summed E-state index contributed by atoms with van der Waals surface area (Å²) in [4.78, 5) is 4.19. The van der Waals surface area contributed by atoms with Crippen LogP contribution in [0.1, 0.15) is 23.9 Å². The van der Waals surface area contributed by atoms with E-state index in [1.54, 1.807) is 6.33 Å². The highest BCUT2D eigenvalue weighted by molar-refractivity contribution is 5.39. The summed E-state index contributed by atoms with van der Waals surface area (Å²) in [5.74, 6) is 1.80. The molecule has 0 atom stereocenters. The van der Waals surface area contributed by atoms with Gasteiger partial charge in [-0.05, 0) is 31.9 Å². The third-order valence-corrected chi connectivity index (χ3v) is 2.75. The molecule has 0 saturated carbocycles. The van der Waals surface area contributed by atoms with Crippen molar-refractivity contribution in [2.45, 2.75) is 33.9 Å². The van der Waals surface area contributed by atoms with E-state index in [0.29, 0.717) is 6.61 Å². The van der Waals surface area contributed by atoms with Crippen LogP contribution < -0.4 is 4.74 Å². The Hall–Kier alpha value is -1.84. The lowest BCUT2D eigenvalue weighted by atomic mass is 10.1.